The number of aromatic amines is 1. The smallest absolute Gasteiger partial charge is 0.259 e. The first kappa shape index (κ1) is 21.9. The van der Waals surface area contributed by atoms with Crippen LogP contribution in [0.4, 0.5) is 5.13 Å². The summed E-state index contributed by atoms with van der Waals surface area (Å²) >= 11 is 4.28. The predicted octanol–water partition coefficient (Wildman–Crippen LogP) is 5.73. The molecule has 0 saturated carbocycles. The third kappa shape index (κ3) is 4.33. The molecule has 1 unspecified atom stereocenters. The van der Waals surface area contributed by atoms with Crippen molar-refractivity contribution in [2.45, 2.75) is 31.8 Å². The van der Waals surface area contributed by atoms with E-state index in [-0.39, 0.29) is 16.7 Å². The molecule has 4 aromatic heterocycles. The van der Waals surface area contributed by atoms with Gasteiger partial charge in [0.15, 0.2) is 10.9 Å². The molecule has 2 N–H and O–H groups in total. The minimum atomic E-state index is -0.351. The summed E-state index contributed by atoms with van der Waals surface area (Å²) < 4.78 is 5.85. The van der Waals surface area contributed by atoms with Crippen LogP contribution in [0, 0.1) is 13.8 Å². The lowest BCUT2D eigenvalue weighted by Crippen LogP contribution is -2.23. The zero-order valence-electron chi connectivity index (χ0n) is 18.1. The van der Waals surface area contributed by atoms with Crippen molar-refractivity contribution in [3.05, 3.63) is 62.3 Å². The van der Waals surface area contributed by atoms with E-state index in [1.807, 2.05) is 56.5 Å². The number of thiazole rings is 1. The average molecular weight is 497 g/mol. The van der Waals surface area contributed by atoms with Crippen molar-refractivity contribution in [3.63, 3.8) is 0 Å². The molecule has 0 aliphatic heterocycles. The fraction of sp³-hybridized carbons (Fsp3) is 0.217. The Balaban J connectivity index is 1.23. The number of rotatable bonds is 6. The largest absolute Gasteiger partial charge is 0.454 e. The summed E-state index contributed by atoms with van der Waals surface area (Å²) in [5, 5.41) is 6.56. The van der Waals surface area contributed by atoms with Gasteiger partial charge in [0.25, 0.3) is 5.56 Å². The first-order valence-corrected chi connectivity index (χ1v) is 13.0. The number of nitrogens with zero attached hydrogens (tertiary/aromatic N) is 2. The van der Waals surface area contributed by atoms with Gasteiger partial charge in [-0.25, -0.2) is 9.97 Å². The number of carbonyl (C=O) groups excluding carboxylic acids is 1. The van der Waals surface area contributed by atoms with Gasteiger partial charge in [0.05, 0.1) is 16.4 Å². The van der Waals surface area contributed by atoms with Crippen molar-refractivity contribution in [1.82, 2.24) is 15.0 Å². The monoisotopic (exact) mass is 496 g/mol. The number of thiophene rings is 1. The Bertz CT molecular complexity index is 1510. The van der Waals surface area contributed by atoms with Crippen molar-refractivity contribution >= 4 is 66.7 Å². The van der Waals surface area contributed by atoms with Gasteiger partial charge in [-0.2, -0.15) is 0 Å². The minimum absolute atomic E-state index is 0.129. The number of H-pyrrole nitrogens is 1. The van der Waals surface area contributed by atoms with E-state index in [0.717, 1.165) is 26.2 Å². The van der Waals surface area contributed by atoms with E-state index in [0.29, 0.717) is 33.5 Å². The topological polar surface area (TPSA) is 101 Å². The Morgan fingerprint density at radius 3 is 2.91 bits per heavy atom. The minimum Gasteiger partial charge on any atom is -0.454 e. The van der Waals surface area contributed by atoms with E-state index in [1.165, 1.54) is 34.4 Å². The van der Waals surface area contributed by atoms with Gasteiger partial charge in [-0.15, -0.1) is 34.4 Å². The molecular formula is C23H20N4O3S3. The zero-order chi connectivity index (χ0) is 23.1. The number of thioether (sulfide) groups is 1. The molecule has 5 aromatic rings. The average Bonchev–Trinajstić information content (AvgIpc) is 3.49. The standard InChI is InChI=1S/C23H20N4O3S3/c1-11-12(2)33-22-19(11)21(29)25-18(26-22)10-31-13(3)20(28)27-23-24-15(9-32-23)17-8-14-6-4-5-7-16(14)30-17/h4-9,13H,10H2,1-3H3,(H,24,27,28)(H,25,26,29). The highest BCUT2D eigenvalue weighted by atomic mass is 32.2. The molecule has 0 aliphatic carbocycles. The second-order valence-electron chi connectivity index (χ2n) is 7.60. The number of carbonyl (C=O) groups is 1. The lowest BCUT2D eigenvalue weighted by Gasteiger charge is -2.10. The van der Waals surface area contributed by atoms with E-state index in [9.17, 15) is 9.59 Å². The summed E-state index contributed by atoms with van der Waals surface area (Å²) in [7, 11) is 0. The summed E-state index contributed by atoms with van der Waals surface area (Å²) in [5.74, 6) is 1.51. The van der Waals surface area contributed by atoms with Crippen LogP contribution in [0.5, 0.6) is 0 Å². The first-order chi connectivity index (χ1) is 15.9. The van der Waals surface area contributed by atoms with Crippen molar-refractivity contribution in [2.24, 2.45) is 0 Å². The molecule has 0 saturated heterocycles. The van der Waals surface area contributed by atoms with Crippen molar-refractivity contribution in [2.75, 3.05) is 5.32 Å². The number of nitrogens with one attached hydrogen (secondary N) is 2. The number of anilines is 1. The molecule has 4 heterocycles. The van der Waals surface area contributed by atoms with Gasteiger partial charge in [-0.1, -0.05) is 18.2 Å². The van der Waals surface area contributed by atoms with E-state index in [4.69, 9.17) is 4.42 Å². The Kier molecular flexibility index (Phi) is 5.81. The highest BCUT2D eigenvalue weighted by Crippen LogP contribution is 2.31. The van der Waals surface area contributed by atoms with Gasteiger partial charge in [0.2, 0.25) is 5.91 Å². The lowest BCUT2D eigenvalue weighted by atomic mass is 10.2. The molecule has 33 heavy (non-hydrogen) atoms. The number of furan rings is 1. The Morgan fingerprint density at radius 1 is 1.27 bits per heavy atom. The first-order valence-electron chi connectivity index (χ1n) is 10.2. The molecular weight excluding hydrogens is 476 g/mol. The van der Waals surface area contributed by atoms with E-state index < -0.39 is 0 Å². The Labute approximate surface area is 201 Å². The predicted molar refractivity (Wildman–Crippen MR) is 136 cm³/mol. The lowest BCUT2D eigenvalue weighted by molar-refractivity contribution is -0.115. The van der Waals surface area contributed by atoms with Gasteiger partial charge in [0.1, 0.15) is 21.9 Å². The maximum atomic E-state index is 12.7. The summed E-state index contributed by atoms with van der Waals surface area (Å²) in [4.78, 5) is 38.9. The highest BCUT2D eigenvalue weighted by molar-refractivity contribution is 7.99. The SMILES string of the molecule is Cc1sc2nc(CSC(C)C(=O)Nc3nc(-c4cc5ccccc5o4)cs3)[nH]c(=O)c2c1C. The summed E-state index contributed by atoms with van der Waals surface area (Å²) in [6.45, 7) is 5.74. The molecule has 0 radical (unpaired) electrons. The number of hydrogen-bond donors (Lipinski definition) is 2. The van der Waals surface area contributed by atoms with Crippen LogP contribution in [0.3, 0.4) is 0 Å². The molecule has 0 aliphatic rings. The number of benzene rings is 1. The molecule has 168 valence electrons. The molecule has 1 aromatic carbocycles. The summed E-state index contributed by atoms with van der Waals surface area (Å²) in [6, 6.07) is 9.71. The maximum Gasteiger partial charge on any atom is 0.259 e. The normalized spacial score (nSPS) is 12.5. The van der Waals surface area contributed by atoms with Crippen LogP contribution in [0.15, 0.2) is 44.9 Å². The third-order valence-corrected chi connectivity index (χ3v) is 8.35. The van der Waals surface area contributed by atoms with Crippen LogP contribution in [0.2, 0.25) is 0 Å². The quantitative estimate of drug-likeness (QED) is 0.311. The maximum absolute atomic E-state index is 12.7. The number of aromatic nitrogens is 3. The van der Waals surface area contributed by atoms with Crippen LogP contribution in [-0.2, 0) is 10.5 Å². The number of para-hydroxylation sites is 1. The van der Waals surface area contributed by atoms with Crippen molar-refractivity contribution in [1.29, 1.82) is 0 Å². The molecule has 1 atom stereocenters. The molecule has 7 nitrogen and oxygen atoms in total. The summed E-state index contributed by atoms with van der Waals surface area (Å²) in [6.07, 6.45) is 0. The van der Waals surface area contributed by atoms with E-state index in [2.05, 4.69) is 20.3 Å². The number of hydrogen-bond acceptors (Lipinski definition) is 8. The molecule has 0 bridgehead atoms. The Hall–Kier alpha value is -2.95. The van der Waals surface area contributed by atoms with Gasteiger partial charge in [-0.3, -0.25) is 9.59 Å². The number of fused-ring (bicyclic) bond motifs is 2. The molecule has 1 amide bonds. The molecule has 0 fully saturated rings. The van der Waals surface area contributed by atoms with E-state index >= 15 is 0 Å². The van der Waals surface area contributed by atoms with Crippen molar-refractivity contribution < 1.29 is 9.21 Å². The van der Waals surface area contributed by atoms with Crippen LogP contribution in [-0.4, -0.2) is 26.1 Å². The van der Waals surface area contributed by atoms with Gasteiger partial charge in [0, 0.05) is 15.6 Å². The van der Waals surface area contributed by atoms with Crippen LogP contribution < -0.4 is 10.9 Å². The zero-order valence-corrected chi connectivity index (χ0v) is 20.5. The Morgan fingerprint density at radius 2 is 2.09 bits per heavy atom. The van der Waals surface area contributed by atoms with Crippen LogP contribution in [0.1, 0.15) is 23.2 Å². The molecule has 10 heteroatoms. The fourth-order valence-electron chi connectivity index (χ4n) is 3.41. The second kappa shape index (κ2) is 8.77. The van der Waals surface area contributed by atoms with Gasteiger partial charge < -0.3 is 14.7 Å². The molecule has 5 rings (SSSR count). The number of amides is 1. The highest BCUT2D eigenvalue weighted by Gasteiger charge is 2.18. The van der Waals surface area contributed by atoms with E-state index in [1.54, 1.807) is 0 Å². The summed E-state index contributed by atoms with van der Waals surface area (Å²) in [5.41, 5.74) is 2.33. The molecule has 0 spiro atoms. The van der Waals surface area contributed by atoms with Crippen molar-refractivity contribution in [3.8, 4) is 11.5 Å². The third-order valence-electron chi connectivity index (χ3n) is 5.34. The van der Waals surface area contributed by atoms with Crippen LogP contribution in [0.25, 0.3) is 32.6 Å². The number of aryl methyl sites for hydroxylation is 2. The second-order valence-corrected chi connectivity index (χ2v) is 11.0. The van der Waals surface area contributed by atoms with Crippen LogP contribution >= 0.6 is 34.4 Å². The van der Waals surface area contributed by atoms with Gasteiger partial charge >= 0.3 is 0 Å². The van der Waals surface area contributed by atoms with Gasteiger partial charge in [-0.05, 0) is 38.5 Å². The fourth-order valence-corrected chi connectivity index (χ4v) is 5.91.